The van der Waals surface area contributed by atoms with Crippen LogP contribution in [-0.4, -0.2) is 24.7 Å². The summed E-state index contributed by atoms with van der Waals surface area (Å²) in [6, 6.07) is 10.0. The van der Waals surface area contributed by atoms with E-state index in [0.717, 1.165) is 6.07 Å². The Morgan fingerprint density at radius 3 is 2.70 bits per heavy atom. The van der Waals surface area contributed by atoms with Crippen LogP contribution in [0.3, 0.4) is 0 Å². The summed E-state index contributed by atoms with van der Waals surface area (Å²) in [5.74, 6) is -3.54. The van der Waals surface area contributed by atoms with E-state index in [1.807, 2.05) is 6.07 Å². The van der Waals surface area contributed by atoms with E-state index in [0.29, 0.717) is 11.4 Å². The van der Waals surface area contributed by atoms with Crippen molar-refractivity contribution in [3.05, 3.63) is 58.1 Å². The molecule has 0 atom stereocenters. The van der Waals surface area contributed by atoms with Crippen LogP contribution in [-0.2, 0) is 5.92 Å². The van der Waals surface area contributed by atoms with E-state index in [2.05, 4.69) is 5.32 Å². The van der Waals surface area contributed by atoms with Gasteiger partial charge >= 0.3 is 0 Å². The van der Waals surface area contributed by atoms with Crippen LogP contribution in [0.2, 0.25) is 5.02 Å². The number of hydrogen-bond acceptors (Lipinski definition) is 4. The number of anilines is 1. The molecule has 0 aliphatic rings. The van der Waals surface area contributed by atoms with Crippen LogP contribution in [0.25, 0.3) is 0 Å². The third-order valence-electron chi connectivity index (χ3n) is 3.85. The fourth-order valence-corrected chi connectivity index (χ4v) is 2.71. The highest BCUT2D eigenvalue weighted by atomic mass is 35.5. The summed E-state index contributed by atoms with van der Waals surface area (Å²) in [5, 5.41) is 20.3. The second kappa shape index (κ2) is 8.80. The van der Waals surface area contributed by atoms with Gasteiger partial charge in [0.2, 0.25) is 0 Å². The number of hydrogen-bond donors (Lipinski definition) is 2. The molecule has 0 spiro atoms. The second-order valence-electron chi connectivity index (χ2n) is 5.71. The smallest absolute Gasteiger partial charge is 0.274 e. The molecule has 27 heavy (non-hydrogen) atoms. The zero-order chi connectivity index (χ0) is 20.0. The Kier molecular flexibility index (Phi) is 6.72. The summed E-state index contributed by atoms with van der Waals surface area (Å²) in [4.78, 5) is 12.4. The number of nitrogens with one attached hydrogen (secondary N) is 1. The maximum atomic E-state index is 14.3. The highest BCUT2D eigenvalue weighted by Gasteiger charge is 2.33. The van der Waals surface area contributed by atoms with Gasteiger partial charge in [-0.05, 0) is 42.8 Å². The van der Waals surface area contributed by atoms with E-state index in [4.69, 9.17) is 26.7 Å². The summed E-state index contributed by atoms with van der Waals surface area (Å²) >= 11 is 5.87. The van der Waals surface area contributed by atoms with Crippen molar-refractivity contribution in [2.24, 2.45) is 0 Å². The van der Waals surface area contributed by atoms with Crippen molar-refractivity contribution >= 4 is 23.2 Å². The lowest BCUT2D eigenvalue weighted by Gasteiger charge is -2.18. The molecule has 0 radical (unpaired) electrons. The van der Waals surface area contributed by atoms with Gasteiger partial charge in [-0.15, -0.1) is 0 Å². The minimum atomic E-state index is -3.27. The van der Waals surface area contributed by atoms with Gasteiger partial charge in [0.1, 0.15) is 11.8 Å². The molecule has 0 saturated heterocycles. The number of rotatable bonds is 7. The molecule has 2 aromatic rings. The molecule has 1 amide bonds. The van der Waals surface area contributed by atoms with Gasteiger partial charge < -0.3 is 15.2 Å². The monoisotopic (exact) mass is 394 g/mol. The molecule has 0 heterocycles. The number of benzene rings is 2. The number of carbonyl (C=O) groups excluding carboxylic acids is 1. The van der Waals surface area contributed by atoms with Gasteiger partial charge in [0.25, 0.3) is 11.8 Å². The Morgan fingerprint density at radius 1 is 1.33 bits per heavy atom. The normalized spacial score (nSPS) is 11.0. The maximum absolute atomic E-state index is 14.3. The molecule has 2 rings (SSSR count). The number of aliphatic hydroxyl groups is 1. The van der Waals surface area contributed by atoms with Crippen molar-refractivity contribution in [1.82, 2.24) is 0 Å². The molecule has 0 aromatic heterocycles. The second-order valence-corrected chi connectivity index (χ2v) is 6.11. The number of halogens is 3. The van der Waals surface area contributed by atoms with E-state index in [1.165, 1.54) is 37.4 Å². The van der Waals surface area contributed by atoms with E-state index in [1.54, 1.807) is 0 Å². The van der Waals surface area contributed by atoms with Gasteiger partial charge in [-0.1, -0.05) is 11.6 Å². The van der Waals surface area contributed by atoms with Crippen molar-refractivity contribution in [3.8, 4) is 11.8 Å². The van der Waals surface area contributed by atoms with Gasteiger partial charge in [-0.3, -0.25) is 4.79 Å². The highest BCUT2D eigenvalue weighted by Crippen LogP contribution is 2.37. The molecule has 0 fully saturated rings. The predicted octanol–water partition coefficient (Wildman–Crippen LogP) is 4.34. The van der Waals surface area contributed by atoms with Crippen LogP contribution in [0.5, 0.6) is 5.75 Å². The van der Waals surface area contributed by atoms with Crippen LogP contribution in [0, 0.1) is 11.3 Å². The number of nitriles is 1. The summed E-state index contributed by atoms with van der Waals surface area (Å²) in [7, 11) is 1.42. The quantitative estimate of drug-likeness (QED) is 0.732. The van der Waals surface area contributed by atoms with Gasteiger partial charge in [-0.2, -0.15) is 5.26 Å². The summed E-state index contributed by atoms with van der Waals surface area (Å²) in [6.07, 6.45) is -0.680. The van der Waals surface area contributed by atoms with Crippen molar-refractivity contribution in [3.63, 3.8) is 0 Å². The molecule has 2 aromatic carbocycles. The largest absolute Gasteiger partial charge is 0.495 e. The summed E-state index contributed by atoms with van der Waals surface area (Å²) in [6.45, 7) is -0.369. The van der Waals surface area contributed by atoms with Crippen molar-refractivity contribution in [2.75, 3.05) is 19.0 Å². The molecular weight excluding hydrogens is 378 g/mol. The van der Waals surface area contributed by atoms with Crippen molar-refractivity contribution < 1.29 is 23.4 Å². The van der Waals surface area contributed by atoms with E-state index in [-0.39, 0.29) is 29.2 Å². The molecule has 2 N–H and O–H groups in total. The lowest BCUT2D eigenvalue weighted by Crippen LogP contribution is -2.17. The minimum absolute atomic E-state index is 0.00704. The molecule has 0 saturated carbocycles. The SMILES string of the molecule is COc1ccc(NC(=O)c2ccc(Cl)c(C(F)(F)CCCO)c2)cc1C#N. The number of alkyl halides is 2. The highest BCUT2D eigenvalue weighted by molar-refractivity contribution is 6.31. The lowest BCUT2D eigenvalue weighted by molar-refractivity contribution is -0.0187. The first-order valence-electron chi connectivity index (χ1n) is 8.00. The zero-order valence-electron chi connectivity index (χ0n) is 14.4. The molecule has 142 valence electrons. The summed E-state index contributed by atoms with van der Waals surface area (Å²) in [5.41, 5.74) is 0.0635. The molecule has 5 nitrogen and oxygen atoms in total. The fourth-order valence-electron chi connectivity index (χ4n) is 2.46. The number of methoxy groups -OCH3 is 1. The minimum Gasteiger partial charge on any atom is -0.495 e. The fraction of sp³-hybridized carbons (Fsp3) is 0.263. The molecule has 0 bridgehead atoms. The Bertz CT molecular complexity index is 882. The number of carbonyl (C=O) groups is 1. The maximum Gasteiger partial charge on any atom is 0.274 e. The first-order valence-corrected chi connectivity index (χ1v) is 8.38. The number of aliphatic hydroxyl groups excluding tert-OH is 1. The van der Waals surface area contributed by atoms with Crippen molar-refractivity contribution in [2.45, 2.75) is 18.8 Å². The van der Waals surface area contributed by atoms with Crippen LogP contribution < -0.4 is 10.1 Å². The third kappa shape index (κ3) is 4.94. The van der Waals surface area contributed by atoms with Crippen molar-refractivity contribution in [1.29, 1.82) is 5.26 Å². The van der Waals surface area contributed by atoms with Gasteiger partial charge in [0.05, 0.1) is 12.7 Å². The Hall–Kier alpha value is -2.69. The average molecular weight is 395 g/mol. The molecule has 8 heteroatoms. The average Bonchev–Trinajstić information content (AvgIpc) is 2.66. The van der Waals surface area contributed by atoms with Gasteiger partial charge in [0.15, 0.2) is 0 Å². The molecule has 0 unspecified atom stereocenters. The van der Waals surface area contributed by atoms with Crippen LogP contribution in [0.15, 0.2) is 36.4 Å². The predicted molar refractivity (Wildman–Crippen MR) is 97.3 cm³/mol. The van der Waals surface area contributed by atoms with Gasteiger partial charge in [-0.25, -0.2) is 8.78 Å². The van der Waals surface area contributed by atoms with Crippen LogP contribution in [0.1, 0.15) is 34.3 Å². The van der Waals surface area contributed by atoms with Gasteiger partial charge in [0, 0.05) is 34.9 Å². The third-order valence-corrected chi connectivity index (χ3v) is 4.18. The Morgan fingerprint density at radius 2 is 2.07 bits per heavy atom. The van der Waals surface area contributed by atoms with E-state index >= 15 is 0 Å². The first-order chi connectivity index (χ1) is 12.8. The molecular formula is C19H17ClF2N2O3. The Balaban J connectivity index is 2.27. The molecule has 0 aliphatic carbocycles. The lowest BCUT2D eigenvalue weighted by atomic mass is 10.0. The van der Waals surface area contributed by atoms with Crippen LogP contribution >= 0.6 is 11.6 Å². The van der Waals surface area contributed by atoms with Crippen LogP contribution in [0.4, 0.5) is 14.5 Å². The standard InChI is InChI=1S/C19H17ClF2N2O3/c1-27-17-6-4-14(9-13(17)11-23)24-18(26)12-3-5-16(20)15(10-12)19(21,22)7-2-8-25/h3-6,9-10,25H,2,7-8H2,1H3,(H,24,26). The Labute approximate surface area is 160 Å². The number of nitrogens with zero attached hydrogens (tertiary/aromatic N) is 1. The number of ether oxygens (including phenoxy) is 1. The topological polar surface area (TPSA) is 82.3 Å². The van der Waals surface area contributed by atoms with E-state index in [9.17, 15) is 13.6 Å². The molecule has 0 aliphatic heterocycles. The number of amides is 1. The van der Waals surface area contributed by atoms with E-state index < -0.39 is 23.8 Å². The first kappa shape index (κ1) is 20.6. The zero-order valence-corrected chi connectivity index (χ0v) is 15.2. The summed E-state index contributed by atoms with van der Waals surface area (Å²) < 4.78 is 33.6.